The van der Waals surface area contributed by atoms with Crippen molar-refractivity contribution in [1.82, 2.24) is 5.32 Å². The molecule has 0 unspecified atom stereocenters. The van der Waals surface area contributed by atoms with Crippen LogP contribution in [0.4, 0.5) is 0 Å². The smallest absolute Gasteiger partial charge is 0.274 e. The highest BCUT2D eigenvalue weighted by Gasteiger charge is 2.09. The van der Waals surface area contributed by atoms with E-state index in [0.717, 1.165) is 0 Å². The quantitative estimate of drug-likeness (QED) is 0.479. The molecule has 0 radical (unpaired) electrons. The Kier molecular flexibility index (Phi) is 2.60. The maximum Gasteiger partial charge on any atom is 0.274 e. The Morgan fingerprint density at radius 2 is 2.11 bits per heavy atom. The number of carbonyl (C=O) groups is 1. The van der Waals surface area contributed by atoms with Gasteiger partial charge < -0.3 is 5.32 Å². The average Bonchev–Trinajstić information content (AvgIpc) is 1.62. The normalized spacial score (nSPS) is 10.9. The molecule has 2 N–H and O–H groups in total. The summed E-state index contributed by atoms with van der Waals surface area (Å²) in [6.45, 7) is 0. The molecule has 0 aliphatic carbocycles. The first-order valence-electron chi connectivity index (χ1n) is 2.11. The van der Waals surface area contributed by atoms with Gasteiger partial charge >= 0.3 is 0 Å². The molecule has 0 fully saturated rings. The van der Waals surface area contributed by atoms with Gasteiger partial charge in [-0.25, -0.2) is 0 Å². The Morgan fingerprint density at radius 1 is 1.67 bits per heavy atom. The monoisotopic (exact) mass is 153 g/mol. The van der Waals surface area contributed by atoms with E-state index >= 15 is 0 Å². The van der Waals surface area contributed by atoms with E-state index in [2.05, 4.69) is 0 Å². The van der Waals surface area contributed by atoms with Crippen LogP contribution in [0.2, 0.25) is 0 Å². The molecule has 0 aliphatic heterocycles. The standard InChI is InChI=1S/C3H7NO4S/c1-4-3(5)2-9(6,7)8/h2H2,1H3,(H,4,5)(H,6,7,8). The summed E-state index contributed by atoms with van der Waals surface area (Å²) in [5.74, 6) is -1.60. The molecule has 5 nitrogen and oxygen atoms in total. The van der Waals surface area contributed by atoms with Crippen molar-refractivity contribution >= 4 is 16.0 Å². The summed E-state index contributed by atoms with van der Waals surface area (Å²) in [6.07, 6.45) is 0. The van der Waals surface area contributed by atoms with Crippen LogP contribution in [0.5, 0.6) is 0 Å². The number of rotatable bonds is 2. The number of hydrogen-bond acceptors (Lipinski definition) is 3. The molecule has 0 saturated heterocycles. The van der Waals surface area contributed by atoms with Crippen molar-refractivity contribution < 1.29 is 17.8 Å². The van der Waals surface area contributed by atoms with Crippen molar-refractivity contribution in [2.45, 2.75) is 0 Å². The third-order valence-electron chi connectivity index (χ3n) is 0.592. The fourth-order valence-electron chi connectivity index (χ4n) is 0.238. The van der Waals surface area contributed by atoms with E-state index in [-0.39, 0.29) is 0 Å². The fourth-order valence-corrected chi connectivity index (χ4v) is 0.714. The molecule has 0 saturated carbocycles. The van der Waals surface area contributed by atoms with E-state index in [9.17, 15) is 13.2 Å². The van der Waals surface area contributed by atoms with Gasteiger partial charge in [0.25, 0.3) is 10.1 Å². The lowest BCUT2D eigenvalue weighted by atomic mass is 10.7. The van der Waals surface area contributed by atoms with E-state index in [0.29, 0.717) is 0 Å². The van der Waals surface area contributed by atoms with E-state index in [1.807, 2.05) is 5.32 Å². The molecule has 0 aliphatic rings. The summed E-state index contributed by atoms with van der Waals surface area (Å²) in [6, 6.07) is 0. The van der Waals surface area contributed by atoms with Crippen LogP contribution in [0.25, 0.3) is 0 Å². The van der Waals surface area contributed by atoms with Crippen LogP contribution in [0.15, 0.2) is 0 Å². The first kappa shape index (κ1) is 8.38. The first-order valence-corrected chi connectivity index (χ1v) is 3.72. The number of amides is 1. The van der Waals surface area contributed by atoms with Gasteiger partial charge in [-0.15, -0.1) is 0 Å². The topological polar surface area (TPSA) is 83.5 Å². The van der Waals surface area contributed by atoms with E-state index in [4.69, 9.17) is 4.55 Å². The fraction of sp³-hybridized carbons (Fsp3) is 0.667. The minimum atomic E-state index is -4.15. The molecule has 1 amide bonds. The zero-order valence-electron chi connectivity index (χ0n) is 4.79. The van der Waals surface area contributed by atoms with Crippen LogP contribution in [0, 0.1) is 0 Å². The largest absolute Gasteiger partial charge is 0.358 e. The van der Waals surface area contributed by atoms with Gasteiger partial charge in [0.2, 0.25) is 5.91 Å². The van der Waals surface area contributed by atoms with Gasteiger partial charge in [0.1, 0.15) is 0 Å². The predicted octanol–water partition coefficient (Wildman–Crippen LogP) is -1.38. The Bertz CT molecular complexity index is 194. The Balaban J connectivity index is 3.91. The van der Waals surface area contributed by atoms with E-state index < -0.39 is 21.8 Å². The van der Waals surface area contributed by atoms with Gasteiger partial charge in [-0.3, -0.25) is 9.35 Å². The summed E-state index contributed by atoms with van der Waals surface area (Å²) in [5, 5.41) is 2.04. The van der Waals surface area contributed by atoms with Gasteiger partial charge in [0, 0.05) is 7.05 Å². The number of hydrogen-bond donors (Lipinski definition) is 2. The van der Waals surface area contributed by atoms with E-state index in [1.54, 1.807) is 0 Å². The van der Waals surface area contributed by atoms with Crippen molar-refractivity contribution in [2.24, 2.45) is 0 Å². The summed E-state index contributed by atoms with van der Waals surface area (Å²) in [7, 11) is -2.86. The molecular formula is C3H7NO4S. The molecule has 0 rings (SSSR count). The van der Waals surface area contributed by atoms with Crippen molar-refractivity contribution in [3.8, 4) is 0 Å². The van der Waals surface area contributed by atoms with Crippen molar-refractivity contribution in [1.29, 1.82) is 0 Å². The minimum Gasteiger partial charge on any atom is -0.358 e. The Labute approximate surface area is 52.8 Å². The third kappa shape index (κ3) is 5.25. The summed E-state index contributed by atoms with van der Waals surface area (Å²) in [5.41, 5.74) is 0. The lowest BCUT2D eigenvalue weighted by Crippen LogP contribution is -2.26. The maximum absolute atomic E-state index is 10.2. The van der Waals surface area contributed by atoms with Crippen molar-refractivity contribution in [3.05, 3.63) is 0 Å². The zero-order valence-corrected chi connectivity index (χ0v) is 5.60. The molecule has 0 atom stereocenters. The summed E-state index contributed by atoms with van der Waals surface area (Å²) >= 11 is 0. The molecule has 0 aromatic heterocycles. The van der Waals surface area contributed by atoms with Crippen LogP contribution in [-0.2, 0) is 14.9 Å². The maximum atomic E-state index is 10.2. The van der Waals surface area contributed by atoms with Crippen molar-refractivity contribution in [2.75, 3.05) is 12.8 Å². The second-order valence-corrected chi connectivity index (χ2v) is 2.85. The average molecular weight is 153 g/mol. The molecule has 54 valence electrons. The predicted molar refractivity (Wildman–Crippen MR) is 30.5 cm³/mol. The van der Waals surface area contributed by atoms with Gasteiger partial charge in [-0.1, -0.05) is 0 Å². The molecule has 0 heterocycles. The third-order valence-corrected chi connectivity index (χ3v) is 1.22. The molecule has 0 bridgehead atoms. The van der Waals surface area contributed by atoms with Gasteiger partial charge in [0.15, 0.2) is 5.75 Å². The highest BCUT2D eigenvalue weighted by molar-refractivity contribution is 7.86. The van der Waals surface area contributed by atoms with Crippen LogP contribution >= 0.6 is 0 Å². The second-order valence-electron chi connectivity index (χ2n) is 1.40. The lowest BCUT2D eigenvalue weighted by molar-refractivity contribution is -0.118. The lowest BCUT2D eigenvalue weighted by Gasteiger charge is -1.93. The molecule has 0 spiro atoms. The first-order chi connectivity index (χ1) is 3.95. The highest BCUT2D eigenvalue weighted by atomic mass is 32.2. The second kappa shape index (κ2) is 2.79. The molecule has 6 heteroatoms. The Hall–Kier alpha value is -0.620. The Morgan fingerprint density at radius 3 is 2.22 bits per heavy atom. The van der Waals surface area contributed by atoms with E-state index in [1.165, 1.54) is 7.05 Å². The molecular weight excluding hydrogens is 146 g/mol. The molecule has 0 aromatic carbocycles. The zero-order chi connectivity index (χ0) is 7.49. The number of nitrogens with one attached hydrogen (secondary N) is 1. The summed E-state index contributed by atoms with van der Waals surface area (Å²) < 4.78 is 27.8. The number of carbonyl (C=O) groups excluding carboxylic acids is 1. The highest BCUT2D eigenvalue weighted by Crippen LogP contribution is 1.78. The van der Waals surface area contributed by atoms with Crippen LogP contribution in [0.1, 0.15) is 0 Å². The van der Waals surface area contributed by atoms with Crippen LogP contribution < -0.4 is 5.32 Å². The van der Waals surface area contributed by atoms with Crippen LogP contribution in [0.3, 0.4) is 0 Å². The van der Waals surface area contributed by atoms with Gasteiger partial charge in [0.05, 0.1) is 0 Å². The minimum absolute atomic E-state index is 0.725. The SMILES string of the molecule is CNC(=O)CS(=O)(=O)O. The van der Waals surface area contributed by atoms with Gasteiger partial charge in [-0.05, 0) is 0 Å². The summed E-state index contributed by atoms with van der Waals surface area (Å²) in [4.78, 5) is 10.2. The molecule has 9 heavy (non-hydrogen) atoms. The van der Waals surface area contributed by atoms with Crippen molar-refractivity contribution in [3.63, 3.8) is 0 Å². The van der Waals surface area contributed by atoms with Crippen LogP contribution in [-0.4, -0.2) is 31.7 Å². The molecule has 0 aromatic rings. The van der Waals surface area contributed by atoms with Gasteiger partial charge in [-0.2, -0.15) is 8.42 Å².